The van der Waals surface area contributed by atoms with E-state index in [1.54, 1.807) is 0 Å². The highest BCUT2D eigenvalue weighted by Gasteiger charge is 2.27. The van der Waals surface area contributed by atoms with E-state index in [-0.39, 0.29) is 11.9 Å². The lowest BCUT2D eigenvalue weighted by Gasteiger charge is -2.34. The fraction of sp³-hybridized carbons (Fsp3) is 0.391. The number of aryl methyl sites for hydroxylation is 1. The van der Waals surface area contributed by atoms with Gasteiger partial charge < -0.3 is 19.8 Å². The lowest BCUT2D eigenvalue weighted by atomic mass is 9.92. The molecule has 152 valence electrons. The van der Waals surface area contributed by atoms with E-state index in [1.165, 1.54) is 0 Å². The Labute approximate surface area is 171 Å². The van der Waals surface area contributed by atoms with Gasteiger partial charge in [0.25, 0.3) is 5.91 Å². The Morgan fingerprint density at radius 2 is 2.14 bits per heavy atom. The van der Waals surface area contributed by atoms with Crippen molar-refractivity contribution >= 4 is 11.6 Å². The standard InChI is InChI=1S/C23H28N4O2/c1-16-7-5-11-26-14-19(25-22(16)26)15-29-21-10-4-3-9-20(21)23(28)27-12-6-8-18(13-27)17(2)24/h3-5,7,9-11,14,17-18H,6,8,12-13,15,24H2,1-2H3. The zero-order valence-electron chi connectivity index (χ0n) is 17.0. The second-order valence-corrected chi connectivity index (χ2v) is 7.95. The second-order valence-electron chi connectivity index (χ2n) is 7.95. The van der Waals surface area contributed by atoms with Crippen LogP contribution in [0.3, 0.4) is 0 Å². The molecule has 1 aliphatic rings. The molecule has 6 nitrogen and oxygen atoms in total. The van der Waals surface area contributed by atoms with Gasteiger partial charge >= 0.3 is 0 Å². The van der Waals surface area contributed by atoms with E-state index in [0.29, 0.717) is 30.4 Å². The van der Waals surface area contributed by atoms with Crippen LogP contribution in [-0.4, -0.2) is 39.3 Å². The van der Waals surface area contributed by atoms with Crippen LogP contribution in [0.1, 0.15) is 41.4 Å². The molecular weight excluding hydrogens is 364 g/mol. The molecule has 2 atom stereocenters. The molecule has 0 bridgehead atoms. The molecule has 0 spiro atoms. The van der Waals surface area contributed by atoms with E-state index in [4.69, 9.17) is 10.5 Å². The molecule has 3 aromatic rings. The molecule has 1 fully saturated rings. The summed E-state index contributed by atoms with van der Waals surface area (Å²) in [5, 5.41) is 0. The summed E-state index contributed by atoms with van der Waals surface area (Å²) >= 11 is 0. The van der Waals surface area contributed by atoms with Crippen LogP contribution in [0.5, 0.6) is 5.75 Å². The van der Waals surface area contributed by atoms with Gasteiger partial charge in [0.15, 0.2) is 0 Å². The number of nitrogens with two attached hydrogens (primary N) is 1. The lowest BCUT2D eigenvalue weighted by Crippen LogP contribution is -2.45. The summed E-state index contributed by atoms with van der Waals surface area (Å²) in [6, 6.07) is 11.6. The van der Waals surface area contributed by atoms with Crippen molar-refractivity contribution in [3.8, 4) is 5.75 Å². The van der Waals surface area contributed by atoms with Gasteiger partial charge in [-0.3, -0.25) is 4.79 Å². The van der Waals surface area contributed by atoms with Gasteiger partial charge in [0.05, 0.1) is 11.3 Å². The molecule has 1 amide bonds. The van der Waals surface area contributed by atoms with Crippen LogP contribution in [0.25, 0.3) is 5.65 Å². The quantitative estimate of drug-likeness (QED) is 0.722. The summed E-state index contributed by atoms with van der Waals surface area (Å²) in [4.78, 5) is 19.7. The largest absolute Gasteiger partial charge is 0.486 e. The van der Waals surface area contributed by atoms with Crippen molar-refractivity contribution in [3.05, 3.63) is 65.6 Å². The maximum atomic E-state index is 13.2. The van der Waals surface area contributed by atoms with E-state index < -0.39 is 0 Å². The van der Waals surface area contributed by atoms with E-state index in [9.17, 15) is 4.79 Å². The van der Waals surface area contributed by atoms with Crippen molar-refractivity contribution in [3.63, 3.8) is 0 Å². The van der Waals surface area contributed by atoms with Crippen LogP contribution in [-0.2, 0) is 6.61 Å². The van der Waals surface area contributed by atoms with Crippen LogP contribution in [0.15, 0.2) is 48.8 Å². The second kappa shape index (κ2) is 8.25. The van der Waals surface area contributed by atoms with E-state index in [0.717, 1.165) is 36.3 Å². The SMILES string of the molecule is Cc1cccn2cc(COc3ccccc3C(=O)N3CCCC(C(C)N)C3)nc12. The number of benzene rings is 1. The highest BCUT2D eigenvalue weighted by molar-refractivity contribution is 5.97. The van der Waals surface area contributed by atoms with Crippen LogP contribution in [0.2, 0.25) is 0 Å². The number of nitrogens with zero attached hydrogens (tertiary/aromatic N) is 3. The number of amides is 1. The van der Waals surface area contributed by atoms with Crippen molar-refractivity contribution in [2.75, 3.05) is 13.1 Å². The van der Waals surface area contributed by atoms with Crippen molar-refractivity contribution in [2.45, 2.75) is 39.3 Å². The molecule has 2 N–H and O–H groups in total. The van der Waals surface area contributed by atoms with Crippen LogP contribution >= 0.6 is 0 Å². The summed E-state index contributed by atoms with van der Waals surface area (Å²) in [7, 11) is 0. The Balaban J connectivity index is 1.50. The van der Waals surface area contributed by atoms with Gasteiger partial charge in [-0.15, -0.1) is 0 Å². The molecule has 0 aliphatic carbocycles. The Morgan fingerprint density at radius 1 is 1.31 bits per heavy atom. The Kier molecular flexibility index (Phi) is 5.53. The molecule has 3 heterocycles. The number of imidazole rings is 1. The first-order chi connectivity index (χ1) is 14.0. The fourth-order valence-corrected chi connectivity index (χ4v) is 3.99. The molecule has 0 saturated carbocycles. The Bertz CT molecular complexity index is 1010. The highest BCUT2D eigenvalue weighted by atomic mass is 16.5. The van der Waals surface area contributed by atoms with Crippen LogP contribution < -0.4 is 10.5 Å². The van der Waals surface area contributed by atoms with Gasteiger partial charge in [0.1, 0.15) is 18.0 Å². The predicted molar refractivity (Wildman–Crippen MR) is 113 cm³/mol. The average molecular weight is 393 g/mol. The number of aromatic nitrogens is 2. The minimum Gasteiger partial charge on any atom is -0.486 e. The van der Waals surface area contributed by atoms with Crippen molar-refractivity contribution in [2.24, 2.45) is 11.7 Å². The topological polar surface area (TPSA) is 72.9 Å². The minimum atomic E-state index is 0.0109. The number of piperidine rings is 1. The summed E-state index contributed by atoms with van der Waals surface area (Å²) in [5.74, 6) is 0.952. The maximum Gasteiger partial charge on any atom is 0.257 e. The number of rotatable bonds is 5. The molecule has 2 aromatic heterocycles. The van der Waals surface area contributed by atoms with Crippen molar-refractivity contribution in [1.29, 1.82) is 0 Å². The number of pyridine rings is 1. The summed E-state index contributed by atoms with van der Waals surface area (Å²) in [6.45, 7) is 5.84. The first-order valence-corrected chi connectivity index (χ1v) is 10.2. The van der Waals surface area contributed by atoms with Crippen LogP contribution in [0, 0.1) is 12.8 Å². The van der Waals surface area contributed by atoms with E-state index in [2.05, 4.69) is 4.98 Å². The minimum absolute atomic E-state index is 0.0109. The monoisotopic (exact) mass is 392 g/mol. The zero-order chi connectivity index (χ0) is 20.4. The summed E-state index contributed by atoms with van der Waals surface area (Å²) < 4.78 is 8.02. The third kappa shape index (κ3) is 4.12. The van der Waals surface area contributed by atoms with Gasteiger partial charge in [0, 0.05) is 31.5 Å². The molecular formula is C23H28N4O2. The van der Waals surface area contributed by atoms with E-state index in [1.807, 2.05) is 71.9 Å². The number of ether oxygens (including phenoxy) is 1. The van der Waals surface area contributed by atoms with Gasteiger partial charge in [0.2, 0.25) is 0 Å². The molecule has 2 unspecified atom stereocenters. The van der Waals surface area contributed by atoms with Crippen molar-refractivity contribution < 1.29 is 9.53 Å². The first-order valence-electron chi connectivity index (χ1n) is 10.2. The first kappa shape index (κ1) is 19.5. The third-order valence-corrected chi connectivity index (χ3v) is 5.71. The third-order valence-electron chi connectivity index (χ3n) is 5.71. The Hall–Kier alpha value is -2.86. The van der Waals surface area contributed by atoms with E-state index >= 15 is 0 Å². The van der Waals surface area contributed by atoms with Gasteiger partial charge in [-0.05, 0) is 56.4 Å². The normalized spacial score (nSPS) is 18.0. The van der Waals surface area contributed by atoms with Crippen molar-refractivity contribution in [1.82, 2.24) is 14.3 Å². The molecule has 29 heavy (non-hydrogen) atoms. The van der Waals surface area contributed by atoms with Crippen LogP contribution in [0.4, 0.5) is 0 Å². The molecule has 1 aliphatic heterocycles. The molecule has 0 radical (unpaired) electrons. The molecule has 1 saturated heterocycles. The smallest absolute Gasteiger partial charge is 0.257 e. The molecule has 6 heteroatoms. The number of hydrogen-bond acceptors (Lipinski definition) is 4. The number of likely N-dealkylation sites (tertiary alicyclic amines) is 1. The van der Waals surface area contributed by atoms with Gasteiger partial charge in [-0.25, -0.2) is 4.98 Å². The summed E-state index contributed by atoms with van der Waals surface area (Å²) in [6.07, 6.45) is 6.00. The Morgan fingerprint density at radius 3 is 2.93 bits per heavy atom. The fourth-order valence-electron chi connectivity index (χ4n) is 3.99. The molecule has 1 aromatic carbocycles. The number of hydrogen-bond donors (Lipinski definition) is 1. The van der Waals surface area contributed by atoms with Gasteiger partial charge in [-0.2, -0.15) is 0 Å². The lowest BCUT2D eigenvalue weighted by molar-refractivity contribution is 0.0656. The molecule has 4 rings (SSSR count). The number of carbonyl (C=O) groups is 1. The predicted octanol–water partition coefficient (Wildman–Crippen LogP) is 3.42. The highest BCUT2D eigenvalue weighted by Crippen LogP contribution is 2.25. The zero-order valence-corrected chi connectivity index (χ0v) is 17.0. The number of carbonyl (C=O) groups excluding carboxylic acids is 1. The average Bonchev–Trinajstić information content (AvgIpc) is 3.16. The number of para-hydroxylation sites is 1. The number of fused-ring (bicyclic) bond motifs is 1. The van der Waals surface area contributed by atoms with Gasteiger partial charge in [-0.1, -0.05) is 18.2 Å². The summed E-state index contributed by atoms with van der Waals surface area (Å²) in [5.41, 5.74) is 9.54. The maximum absolute atomic E-state index is 13.2.